The van der Waals surface area contributed by atoms with Crippen LogP contribution in [0.1, 0.15) is 53.8 Å². The number of halogens is 1. The summed E-state index contributed by atoms with van der Waals surface area (Å²) in [7, 11) is 0. The molecule has 3 aromatic rings. The number of rotatable bonds is 4. The summed E-state index contributed by atoms with van der Waals surface area (Å²) in [6.07, 6.45) is 3.69. The highest BCUT2D eigenvalue weighted by molar-refractivity contribution is 6.33. The molecule has 0 spiro atoms. The molecule has 2 heterocycles. The van der Waals surface area contributed by atoms with E-state index in [9.17, 15) is 10.1 Å². The first-order chi connectivity index (χ1) is 16.3. The van der Waals surface area contributed by atoms with Crippen molar-refractivity contribution in [3.8, 4) is 6.07 Å². The third-order valence-electron chi connectivity index (χ3n) is 5.89. The maximum Gasteiger partial charge on any atom is 0.255 e. The van der Waals surface area contributed by atoms with Crippen LogP contribution in [0.3, 0.4) is 0 Å². The van der Waals surface area contributed by atoms with Crippen LogP contribution >= 0.6 is 11.6 Å². The molecule has 1 aromatic heterocycles. The number of amides is 1. The zero-order valence-electron chi connectivity index (χ0n) is 19.6. The molecule has 6 nitrogen and oxygen atoms in total. The van der Waals surface area contributed by atoms with Crippen LogP contribution in [0.2, 0.25) is 5.02 Å². The molecule has 1 aliphatic rings. The van der Waals surface area contributed by atoms with Gasteiger partial charge < -0.3 is 14.2 Å². The average Bonchev–Trinajstić information content (AvgIpc) is 3.26. The quantitative estimate of drug-likeness (QED) is 0.490. The smallest absolute Gasteiger partial charge is 0.255 e. The number of piperazine rings is 1. The molecule has 0 aliphatic carbocycles. The van der Waals surface area contributed by atoms with Gasteiger partial charge in [-0.3, -0.25) is 4.79 Å². The van der Waals surface area contributed by atoms with Gasteiger partial charge in [0, 0.05) is 32.3 Å². The Hall–Kier alpha value is -3.56. The van der Waals surface area contributed by atoms with E-state index < -0.39 is 0 Å². The van der Waals surface area contributed by atoms with Crippen LogP contribution in [0, 0.1) is 11.3 Å². The molecule has 1 amide bonds. The van der Waals surface area contributed by atoms with Gasteiger partial charge in [0.1, 0.15) is 6.07 Å². The van der Waals surface area contributed by atoms with Gasteiger partial charge >= 0.3 is 0 Å². The first-order valence-electron chi connectivity index (χ1n) is 11.2. The molecule has 0 radical (unpaired) electrons. The number of oxazole rings is 1. The molecular weight excluding hydrogens is 448 g/mol. The molecule has 1 aliphatic heterocycles. The summed E-state index contributed by atoms with van der Waals surface area (Å²) < 4.78 is 5.93. The SMILES string of the molecule is CC(C)(C)c1ccc(/C=C/c2nc(C#N)c(N3CCN(C(=O)c4ccccc4Cl)CC3)o2)cc1. The van der Waals surface area contributed by atoms with Gasteiger partial charge in [0.15, 0.2) is 0 Å². The van der Waals surface area contributed by atoms with E-state index in [1.165, 1.54) is 5.56 Å². The molecule has 1 saturated heterocycles. The molecule has 0 N–H and O–H groups in total. The molecule has 7 heteroatoms. The molecule has 34 heavy (non-hydrogen) atoms. The highest BCUT2D eigenvalue weighted by atomic mass is 35.5. The number of benzene rings is 2. The number of hydrogen-bond acceptors (Lipinski definition) is 5. The van der Waals surface area contributed by atoms with Crippen LogP contribution in [-0.2, 0) is 5.41 Å². The van der Waals surface area contributed by atoms with E-state index in [0.717, 1.165) is 5.56 Å². The zero-order chi connectivity index (χ0) is 24.3. The number of hydrogen-bond donors (Lipinski definition) is 0. The van der Waals surface area contributed by atoms with Crippen LogP contribution in [0.15, 0.2) is 52.9 Å². The lowest BCUT2D eigenvalue weighted by molar-refractivity contribution is 0.0745. The van der Waals surface area contributed by atoms with Crippen LogP contribution in [0.25, 0.3) is 12.2 Å². The lowest BCUT2D eigenvalue weighted by Crippen LogP contribution is -2.49. The van der Waals surface area contributed by atoms with Gasteiger partial charge in [-0.15, -0.1) is 0 Å². The predicted octanol–water partition coefficient (Wildman–Crippen LogP) is 5.63. The van der Waals surface area contributed by atoms with Gasteiger partial charge in [-0.1, -0.05) is 68.8 Å². The minimum absolute atomic E-state index is 0.0931. The largest absolute Gasteiger partial charge is 0.420 e. The van der Waals surface area contributed by atoms with Crippen molar-refractivity contribution < 1.29 is 9.21 Å². The Kier molecular flexibility index (Phi) is 6.76. The van der Waals surface area contributed by atoms with Gasteiger partial charge in [0.05, 0.1) is 10.6 Å². The first-order valence-corrected chi connectivity index (χ1v) is 11.6. The Bertz CT molecular complexity index is 1240. The van der Waals surface area contributed by atoms with Gasteiger partial charge in [0.25, 0.3) is 5.91 Å². The Labute approximate surface area is 205 Å². The molecule has 4 rings (SSSR count). The summed E-state index contributed by atoms with van der Waals surface area (Å²) in [6, 6.07) is 17.5. The predicted molar refractivity (Wildman–Crippen MR) is 135 cm³/mol. The number of aromatic nitrogens is 1. The normalized spacial score (nSPS) is 14.4. The molecule has 0 atom stereocenters. The van der Waals surface area contributed by atoms with Crippen molar-refractivity contribution in [1.82, 2.24) is 9.88 Å². The average molecular weight is 475 g/mol. The van der Waals surface area contributed by atoms with Gasteiger partial charge in [0.2, 0.25) is 17.5 Å². The van der Waals surface area contributed by atoms with E-state index in [-0.39, 0.29) is 17.0 Å². The van der Waals surface area contributed by atoms with Gasteiger partial charge in [-0.25, -0.2) is 0 Å². The fraction of sp³-hybridized carbons (Fsp3) is 0.296. The van der Waals surface area contributed by atoms with Crippen molar-refractivity contribution in [3.63, 3.8) is 0 Å². The van der Waals surface area contributed by atoms with Crippen molar-refractivity contribution >= 4 is 35.5 Å². The lowest BCUT2D eigenvalue weighted by Gasteiger charge is -2.34. The monoisotopic (exact) mass is 474 g/mol. The van der Waals surface area contributed by atoms with Crippen LogP contribution in [0.4, 0.5) is 5.88 Å². The summed E-state index contributed by atoms with van der Waals surface area (Å²) in [5, 5.41) is 10.0. The van der Waals surface area contributed by atoms with Crippen LogP contribution in [0.5, 0.6) is 0 Å². The highest BCUT2D eigenvalue weighted by Gasteiger charge is 2.27. The fourth-order valence-electron chi connectivity index (χ4n) is 3.87. The van der Waals surface area contributed by atoms with E-state index in [4.69, 9.17) is 16.0 Å². The standard InChI is InChI=1S/C27H27ClN4O2/c1-27(2,3)20-11-8-19(9-12-20)10-13-24-30-23(18-29)26(34-24)32-16-14-31(15-17-32)25(33)21-6-4-5-7-22(21)28/h4-13H,14-17H2,1-3H3/b13-10+. The van der Waals surface area contributed by atoms with Crippen molar-refractivity contribution in [2.45, 2.75) is 26.2 Å². The lowest BCUT2D eigenvalue weighted by atomic mass is 9.87. The second-order valence-electron chi connectivity index (χ2n) is 9.28. The van der Waals surface area contributed by atoms with Crippen LogP contribution in [-0.4, -0.2) is 42.0 Å². The third-order valence-corrected chi connectivity index (χ3v) is 6.21. The fourth-order valence-corrected chi connectivity index (χ4v) is 4.08. The molecule has 174 valence electrons. The van der Waals surface area contributed by atoms with E-state index in [0.29, 0.717) is 48.5 Å². The number of nitriles is 1. The van der Waals surface area contributed by atoms with Crippen molar-refractivity contribution in [2.75, 3.05) is 31.1 Å². The van der Waals surface area contributed by atoms with E-state index in [1.54, 1.807) is 35.2 Å². The minimum atomic E-state index is -0.0931. The van der Waals surface area contributed by atoms with Gasteiger partial charge in [-0.05, 0) is 34.8 Å². The highest BCUT2D eigenvalue weighted by Crippen LogP contribution is 2.26. The van der Waals surface area contributed by atoms with Gasteiger partial charge in [-0.2, -0.15) is 10.2 Å². The molecular formula is C27H27ClN4O2. The summed E-state index contributed by atoms with van der Waals surface area (Å²) in [5.74, 6) is 0.723. The number of carbonyl (C=O) groups excluding carboxylic acids is 1. The number of carbonyl (C=O) groups is 1. The topological polar surface area (TPSA) is 73.4 Å². The Morgan fingerprint density at radius 1 is 1.06 bits per heavy atom. The Morgan fingerprint density at radius 2 is 1.74 bits per heavy atom. The van der Waals surface area contributed by atoms with E-state index >= 15 is 0 Å². The zero-order valence-corrected chi connectivity index (χ0v) is 20.3. The molecule has 1 fully saturated rings. The second-order valence-corrected chi connectivity index (χ2v) is 9.69. The molecule has 0 saturated carbocycles. The number of nitrogens with zero attached hydrogens (tertiary/aromatic N) is 4. The molecule has 2 aromatic carbocycles. The first kappa shape index (κ1) is 23.6. The minimum Gasteiger partial charge on any atom is -0.420 e. The maximum atomic E-state index is 12.8. The maximum absolute atomic E-state index is 12.8. The summed E-state index contributed by atoms with van der Waals surface area (Å²) in [4.78, 5) is 20.9. The molecule has 0 bridgehead atoms. The van der Waals surface area contributed by atoms with Crippen LogP contribution < -0.4 is 4.90 Å². The Morgan fingerprint density at radius 3 is 2.35 bits per heavy atom. The molecule has 0 unspecified atom stereocenters. The Balaban J connectivity index is 1.43. The summed E-state index contributed by atoms with van der Waals surface area (Å²) in [6.45, 7) is 8.63. The number of anilines is 1. The van der Waals surface area contributed by atoms with Crippen molar-refractivity contribution in [1.29, 1.82) is 5.26 Å². The summed E-state index contributed by atoms with van der Waals surface area (Å²) in [5.41, 5.74) is 3.13. The second kappa shape index (κ2) is 9.74. The third kappa shape index (κ3) is 5.16. The van der Waals surface area contributed by atoms with E-state index in [1.807, 2.05) is 11.0 Å². The van der Waals surface area contributed by atoms with Crippen molar-refractivity contribution in [3.05, 3.63) is 81.8 Å². The summed E-state index contributed by atoms with van der Waals surface area (Å²) >= 11 is 6.18. The van der Waals surface area contributed by atoms with Crippen molar-refractivity contribution in [2.24, 2.45) is 0 Å². The van der Waals surface area contributed by atoms with E-state index in [2.05, 4.69) is 56.1 Å².